The van der Waals surface area contributed by atoms with Gasteiger partial charge in [-0.3, -0.25) is 4.79 Å². The van der Waals surface area contributed by atoms with E-state index in [1.54, 1.807) is 0 Å². The van der Waals surface area contributed by atoms with Gasteiger partial charge in [0.15, 0.2) is 12.6 Å². The van der Waals surface area contributed by atoms with Crippen molar-refractivity contribution in [3.05, 3.63) is 0 Å². The Bertz CT molecular complexity index is 885. The number of hydrogen-bond acceptors (Lipinski definition) is 17. The summed E-state index contributed by atoms with van der Waals surface area (Å²) >= 11 is 0. The van der Waals surface area contributed by atoms with Crippen LogP contribution in [0.1, 0.15) is 6.92 Å². The van der Waals surface area contributed by atoms with Crippen LogP contribution < -0.4 is 0 Å². The van der Waals surface area contributed by atoms with E-state index in [2.05, 4.69) is 5.92 Å². The Morgan fingerprint density at radius 2 is 1.10 bits per heavy atom. The third kappa shape index (κ3) is 7.31. The van der Waals surface area contributed by atoms with Gasteiger partial charge in [-0.15, -0.1) is 6.42 Å². The number of rotatable bonds is 10. The van der Waals surface area contributed by atoms with Crippen LogP contribution in [0.25, 0.3) is 0 Å². The lowest BCUT2D eigenvalue weighted by molar-refractivity contribution is -0.389. The molecule has 0 aliphatic carbocycles. The molecular weight excluding hydrogens is 562 g/mol. The molecule has 3 heterocycles. The fourth-order valence-corrected chi connectivity index (χ4v) is 4.56. The summed E-state index contributed by atoms with van der Waals surface area (Å²) in [5.74, 6) is 1.52. The zero-order valence-electron chi connectivity index (χ0n) is 21.8. The molecule has 0 spiro atoms. The summed E-state index contributed by atoms with van der Waals surface area (Å²) in [7, 11) is 0. The number of carbonyl (C=O) groups excluding carboxylic acids is 1. The van der Waals surface area contributed by atoms with Crippen molar-refractivity contribution in [2.75, 3.05) is 26.4 Å². The molecule has 236 valence electrons. The fraction of sp³-hybridized carbons (Fsp3) is 0.870. The molecule has 41 heavy (non-hydrogen) atoms. The minimum atomic E-state index is -1.96. The van der Waals surface area contributed by atoms with E-state index in [-0.39, 0.29) is 6.54 Å². The third-order valence-corrected chi connectivity index (χ3v) is 6.89. The molecule has 18 heteroatoms. The zero-order chi connectivity index (χ0) is 30.6. The summed E-state index contributed by atoms with van der Waals surface area (Å²) in [4.78, 5) is 16.9. The number of aliphatic hydroxyl groups is 10. The molecule has 18 nitrogen and oxygen atoms in total. The highest BCUT2D eigenvalue weighted by Gasteiger charge is 2.53. The van der Waals surface area contributed by atoms with Crippen LogP contribution in [0.2, 0.25) is 0 Å². The molecule has 3 aliphatic heterocycles. The van der Waals surface area contributed by atoms with E-state index in [0.29, 0.717) is 5.06 Å². The lowest BCUT2D eigenvalue weighted by atomic mass is 9.96. The number of hydroxylamine groups is 2. The van der Waals surface area contributed by atoms with Crippen LogP contribution in [-0.2, 0) is 33.3 Å². The average molecular weight is 600 g/mol. The van der Waals surface area contributed by atoms with Crippen LogP contribution in [-0.4, -0.2) is 181 Å². The van der Waals surface area contributed by atoms with Gasteiger partial charge in [-0.1, -0.05) is 5.92 Å². The lowest BCUT2D eigenvalue weighted by Crippen LogP contribution is -2.66. The molecule has 3 saturated heterocycles. The number of nitrogens with zero attached hydrogens (tertiary/aromatic N) is 1. The first-order valence-corrected chi connectivity index (χ1v) is 12.6. The van der Waals surface area contributed by atoms with Crippen molar-refractivity contribution in [1.29, 1.82) is 0 Å². The van der Waals surface area contributed by atoms with Gasteiger partial charge in [-0.05, 0) is 0 Å². The smallest absolute Gasteiger partial charge is 0.244 e. The van der Waals surface area contributed by atoms with Gasteiger partial charge in [0.2, 0.25) is 12.2 Å². The second-order valence-electron chi connectivity index (χ2n) is 9.68. The Morgan fingerprint density at radius 3 is 1.54 bits per heavy atom. The fourth-order valence-electron chi connectivity index (χ4n) is 4.56. The van der Waals surface area contributed by atoms with E-state index in [9.17, 15) is 55.9 Å². The molecule has 0 radical (unpaired) electrons. The summed E-state index contributed by atoms with van der Waals surface area (Å²) < 4.78 is 27.2. The van der Waals surface area contributed by atoms with E-state index >= 15 is 0 Å². The number of amides is 1. The van der Waals surface area contributed by atoms with Gasteiger partial charge in [0, 0.05) is 6.92 Å². The van der Waals surface area contributed by atoms with Crippen LogP contribution in [0.3, 0.4) is 0 Å². The van der Waals surface area contributed by atoms with Crippen molar-refractivity contribution in [1.82, 2.24) is 5.06 Å². The molecule has 10 N–H and O–H groups in total. The zero-order valence-corrected chi connectivity index (χ0v) is 21.8. The highest BCUT2D eigenvalue weighted by Crippen LogP contribution is 2.32. The normalized spacial score (nSPS) is 45.2. The molecule has 3 rings (SSSR count). The number of ether oxygens (including phenoxy) is 5. The predicted octanol–water partition coefficient (Wildman–Crippen LogP) is -7.15. The van der Waals surface area contributed by atoms with Crippen LogP contribution in [0.4, 0.5) is 0 Å². The van der Waals surface area contributed by atoms with E-state index in [0.717, 1.165) is 6.92 Å². The van der Waals surface area contributed by atoms with Gasteiger partial charge in [0.25, 0.3) is 0 Å². The van der Waals surface area contributed by atoms with Crippen molar-refractivity contribution in [3.8, 4) is 12.3 Å². The van der Waals surface area contributed by atoms with E-state index in [1.165, 1.54) is 0 Å². The third-order valence-electron chi connectivity index (χ3n) is 6.89. The Balaban J connectivity index is 1.71. The first kappa shape index (κ1) is 33.9. The summed E-state index contributed by atoms with van der Waals surface area (Å²) in [6.45, 7) is -1.63. The quantitative estimate of drug-likeness (QED) is 0.0824. The van der Waals surface area contributed by atoms with Crippen molar-refractivity contribution in [2.45, 2.75) is 99.0 Å². The van der Waals surface area contributed by atoms with E-state index in [4.69, 9.17) is 34.9 Å². The molecular formula is C23H37NO17. The van der Waals surface area contributed by atoms with Crippen molar-refractivity contribution >= 4 is 5.91 Å². The highest BCUT2D eigenvalue weighted by molar-refractivity contribution is 5.72. The minimum absolute atomic E-state index is 0.323. The average Bonchev–Trinajstić information content (AvgIpc) is 2.95. The van der Waals surface area contributed by atoms with Crippen LogP contribution in [0.15, 0.2) is 0 Å². The Hall–Kier alpha value is -1.61. The topological polar surface area (TPSA) is 278 Å². The molecule has 0 aromatic carbocycles. The number of carbonyl (C=O) groups is 1. The van der Waals surface area contributed by atoms with Gasteiger partial charge in [-0.2, -0.15) is 0 Å². The summed E-state index contributed by atoms with van der Waals surface area (Å²) in [6.07, 6.45) is -20.5. The molecule has 0 saturated carbocycles. The first-order chi connectivity index (χ1) is 19.4. The molecule has 1 amide bonds. The van der Waals surface area contributed by atoms with Crippen molar-refractivity contribution in [3.63, 3.8) is 0 Å². The lowest BCUT2D eigenvalue weighted by Gasteiger charge is -2.48. The molecule has 0 bridgehead atoms. The van der Waals surface area contributed by atoms with Gasteiger partial charge >= 0.3 is 0 Å². The molecule has 3 fully saturated rings. The molecule has 0 aromatic heterocycles. The van der Waals surface area contributed by atoms with Crippen LogP contribution in [0, 0.1) is 12.3 Å². The SMILES string of the molecule is C#CCN(O[C@@H]1O[C@H](CO)[C@@H](O[C@H]2O[C@H](CO)[C@@H](O[C@H]3O[C@H](CO)[C@@H](O)[C@H](O)[C@H]3O)[C@H](O)[C@H]2O)[C@H](O)[C@H]1O)C(C)=O. The van der Waals surface area contributed by atoms with Crippen molar-refractivity contribution < 1.29 is 84.4 Å². The second-order valence-corrected chi connectivity index (χ2v) is 9.68. The molecule has 0 aromatic rings. The number of hydrogen-bond donors (Lipinski definition) is 10. The summed E-state index contributed by atoms with van der Waals surface area (Å²) in [5, 5.41) is 103. The minimum Gasteiger partial charge on any atom is -0.394 e. The predicted molar refractivity (Wildman–Crippen MR) is 126 cm³/mol. The second kappa shape index (κ2) is 14.7. The van der Waals surface area contributed by atoms with Gasteiger partial charge in [0.1, 0.15) is 79.8 Å². The maximum Gasteiger partial charge on any atom is 0.244 e. The monoisotopic (exact) mass is 599 g/mol. The van der Waals surface area contributed by atoms with E-state index in [1.807, 2.05) is 0 Å². The Labute approximate surface area is 233 Å². The number of terminal acetylenes is 1. The van der Waals surface area contributed by atoms with E-state index < -0.39 is 118 Å². The Kier molecular flexibility index (Phi) is 12.2. The summed E-state index contributed by atoms with van der Waals surface area (Å²) in [5.41, 5.74) is 0. The van der Waals surface area contributed by atoms with Crippen LogP contribution >= 0.6 is 0 Å². The largest absolute Gasteiger partial charge is 0.394 e. The molecule has 0 unspecified atom stereocenters. The summed E-state index contributed by atoms with van der Waals surface area (Å²) in [6, 6.07) is 0. The van der Waals surface area contributed by atoms with Gasteiger partial charge in [0.05, 0.1) is 19.8 Å². The van der Waals surface area contributed by atoms with Crippen molar-refractivity contribution in [2.24, 2.45) is 0 Å². The standard InChI is InChI=1S/C23H37NO17/c1-3-4-24(8(2)28)41-23-18(35)15(32)20(11(7-27)38-23)40-22-17(34)14(31)19(10(6-26)37-22)39-21-16(33)13(30)12(29)9(5-25)36-21/h1,9-23,25-27,29-35H,4-7H2,2H3/t9-,10-,11-,12-,13+,14-,15-,16-,17-,18-,19-,20-,21-,22-,23+/m1/s1. The maximum atomic E-state index is 11.7. The number of aliphatic hydroxyl groups excluding tert-OH is 10. The van der Waals surface area contributed by atoms with Gasteiger partial charge < -0.3 is 74.7 Å². The molecule has 3 aliphatic rings. The molecule has 15 atom stereocenters. The highest BCUT2D eigenvalue weighted by atomic mass is 16.8. The Morgan fingerprint density at radius 1 is 0.683 bits per heavy atom. The maximum absolute atomic E-state index is 11.7. The van der Waals surface area contributed by atoms with Crippen LogP contribution in [0.5, 0.6) is 0 Å². The van der Waals surface area contributed by atoms with Gasteiger partial charge in [-0.25, -0.2) is 9.90 Å². The first-order valence-electron chi connectivity index (χ1n) is 12.6.